The van der Waals surface area contributed by atoms with Crippen LogP contribution in [0.2, 0.25) is 6.82 Å². The molecule has 0 spiro atoms. The molecule has 5 nitrogen and oxygen atoms in total. The maximum absolute atomic E-state index is 13.4. The molecule has 0 radical (unpaired) electrons. The lowest BCUT2D eigenvalue weighted by molar-refractivity contribution is -0.149. The molecule has 0 saturated carbocycles. The van der Waals surface area contributed by atoms with Gasteiger partial charge in [-0.2, -0.15) is 0 Å². The summed E-state index contributed by atoms with van der Waals surface area (Å²) in [6.45, 7) is 16.7. The van der Waals surface area contributed by atoms with E-state index in [0.717, 1.165) is 0 Å². The van der Waals surface area contributed by atoms with E-state index in [1.807, 2.05) is 34.6 Å². The van der Waals surface area contributed by atoms with Crippen molar-refractivity contribution in [1.82, 2.24) is 9.71 Å². The van der Waals surface area contributed by atoms with Crippen LogP contribution in [0.1, 0.15) is 55.4 Å². The van der Waals surface area contributed by atoms with Gasteiger partial charge in [-0.15, -0.1) is 0 Å². The first kappa shape index (κ1) is 19.2. The van der Waals surface area contributed by atoms with Gasteiger partial charge in [0, 0.05) is 11.0 Å². The number of ketones is 1. The quantitative estimate of drug-likeness (QED) is 0.805. The van der Waals surface area contributed by atoms with Gasteiger partial charge in [0.25, 0.3) is 0 Å². The standard InChI is InChI=1S/C16H31BN2O3/c1-11(20)13(2,3)19-12(21)16(8,18(10)17(9)22)14(4,5)15(19,6)7/h22H,1-10H3. The van der Waals surface area contributed by atoms with E-state index < -0.39 is 29.1 Å². The van der Waals surface area contributed by atoms with Crippen LogP contribution in [0.25, 0.3) is 0 Å². The second kappa shape index (κ2) is 5.06. The molecule has 1 rings (SSSR count). The molecule has 1 heterocycles. The topological polar surface area (TPSA) is 60.9 Å². The highest BCUT2D eigenvalue weighted by Gasteiger charge is 2.70. The molecule has 0 aliphatic carbocycles. The summed E-state index contributed by atoms with van der Waals surface area (Å²) in [5, 5.41) is 10.1. The lowest BCUT2D eigenvalue weighted by Gasteiger charge is -2.50. The molecule has 0 aromatic rings. The zero-order valence-corrected chi connectivity index (χ0v) is 15.7. The Morgan fingerprint density at radius 2 is 1.64 bits per heavy atom. The van der Waals surface area contributed by atoms with E-state index >= 15 is 0 Å². The molecular formula is C16H31BN2O3. The molecular weight excluding hydrogens is 279 g/mol. The molecule has 1 aliphatic heterocycles. The first-order valence-electron chi connectivity index (χ1n) is 7.84. The van der Waals surface area contributed by atoms with Gasteiger partial charge in [0.2, 0.25) is 5.91 Å². The predicted octanol–water partition coefficient (Wildman–Crippen LogP) is 1.80. The van der Waals surface area contributed by atoms with Gasteiger partial charge >= 0.3 is 7.05 Å². The predicted molar refractivity (Wildman–Crippen MR) is 89.5 cm³/mol. The van der Waals surface area contributed by atoms with Crippen LogP contribution in [-0.2, 0) is 9.59 Å². The summed E-state index contributed by atoms with van der Waals surface area (Å²) in [6.07, 6.45) is 0. The van der Waals surface area contributed by atoms with Crippen LogP contribution < -0.4 is 0 Å². The third kappa shape index (κ3) is 2.07. The number of hydrogen-bond donors (Lipinski definition) is 1. The summed E-state index contributed by atoms with van der Waals surface area (Å²) in [5.41, 5.74) is -2.82. The van der Waals surface area contributed by atoms with Crippen molar-refractivity contribution in [3.63, 3.8) is 0 Å². The van der Waals surface area contributed by atoms with Gasteiger partial charge in [0.05, 0.1) is 11.1 Å². The maximum Gasteiger partial charge on any atom is 0.377 e. The van der Waals surface area contributed by atoms with Gasteiger partial charge in [0.15, 0.2) is 5.78 Å². The van der Waals surface area contributed by atoms with E-state index in [1.54, 1.807) is 37.4 Å². The van der Waals surface area contributed by atoms with Crippen LogP contribution in [0.3, 0.4) is 0 Å². The minimum atomic E-state index is -0.905. The zero-order chi connectivity index (χ0) is 17.9. The molecule has 0 aromatic carbocycles. The third-order valence-electron chi connectivity index (χ3n) is 6.61. The Balaban J connectivity index is 3.63. The van der Waals surface area contributed by atoms with E-state index in [-0.39, 0.29) is 11.7 Å². The van der Waals surface area contributed by atoms with Crippen LogP contribution >= 0.6 is 0 Å². The number of amides is 1. The number of carbonyl (C=O) groups excluding carboxylic acids is 2. The molecule has 0 bridgehead atoms. The number of Topliss-reactive ketones (excluding diaryl/α,β-unsaturated/α-hetero) is 1. The van der Waals surface area contributed by atoms with Crippen LogP contribution in [0, 0.1) is 5.41 Å². The van der Waals surface area contributed by atoms with E-state index in [4.69, 9.17) is 0 Å². The van der Waals surface area contributed by atoms with Crippen molar-refractivity contribution < 1.29 is 14.6 Å². The monoisotopic (exact) mass is 310 g/mol. The van der Waals surface area contributed by atoms with Crippen LogP contribution in [0.4, 0.5) is 0 Å². The minimum Gasteiger partial charge on any atom is -0.437 e. The number of likely N-dealkylation sites (N-methyl/N-ethyl adjacent to an activating group) is 1. The van der Waals surface area contributed by atoms with Gasteiger partial charge in [-0.25, -0.2) is 0 Å². The normalized spacial score (nSPS) is 27.5. The zero-order valence-electron chi connectivity index (χ0n) is 15.7. The van der Waals surface area contributed by atoms with Crippen molar-refractivity contribution in [2.75, 3.05) is 7.05 Å². The molecule has 1 amide bonds. The first-order chi connectivity index (χ1) is 9.57. The third-order valence-corrected chi connectivity index (χ3v) is 6.61. The van der Waals surface area contributed by atoms with Gasteiger partial charge < -0.3 is 14.7 Å². The second-order valence-electron chi connectivity index (χ2n) is 8.25. The fraction of sp³-hybridized carbons (Fsp3) is 0.875. The molecule has 1 saturated heterocycles. The van der Waals surface area contributed by atoms with Crippen molar-refractivity contribution in [2.24, 2.45) is 5.41 Å². The molecule has 126 valence electrons. The number of carbonyl (C=O) groups is 2. The highest BCUT2D eigenvalue weighted by Crippen LogP contribution is 2.56. The molecule has 22 heavy (non-hydrogen) atoms. The largest absolute Gasteiger partial charge is 0.437 e. The van der Waals surface area contributed by atoms with Gasteiger partial charge in [-0.1, -0.05) is 13.8 Å². The smallest absolute Gasteiger partial charge is 0.377 e. The lowest BCUT2D eigenvalue weighted by atomic mass is 9.62. The Morgan fingerprint density at radius 3 is 1.95 bits per heavy atom. The summed E-state index contributed by atoms with van der Waals surface area (Å²) in [7, 11) is 0.995. The Bertz CT molecular complexity index is 500. The minimum absolute atomic E-state index is 0.0475. The number of likely N-dealkylation sites (tertiary alicyclic amines) is 1. The average Bonchev–Trinajstić information content (AvgIpc) is 2.44. The summed E-state index contributed by atoms with van der Waals surface area (Å²) in [5.74, 6) is -0.167. The van der Waals surface area contributed by atoms with Crippen LogP contribution in [0.5, 0.6) is 0 Å². The van der Waals surface area contributed by atoms with E-state index in [9.17, 15) is 14.6 Å². The Morgan fingerprint density at radius 1 is 1.23 bits per heavy atom. The number of hydrogen-bond acceptors (Lipinski definition) is 4. The van der Waals surface area contributed by atoms with E-state index in [0.29, 0.717) is 0 Å². The van der Waals surface area contributed by atoms with Crippen molar-refractivity contribution >= 4 is 18.7 Å². The van der Waals surface area contributed by atoms with Crippen molar-refractivity contribution in [3.8, 4) is 0 Å². The fourth-order valence-corrected chi connectivity index (χ4v) is 3.69. The SMILES string of the molecule is CB(O)N(C)C1(C)C(=O)N(C(C)(C)C(C)=O)C(C)(C)C1(C)C. The molecule has 0 aromatic heterocycles. The summed E-state index contributed by atoms with van der Waals surface area (Å²) < 4.78 is 0. The van der Waals surface area contributed by atoms with E-state index in [2.05, 4.69) is 0 Å². The first-order valence-corrected chi connectivity index (χ1v) is 7.84. The molecule has 6 heteroatoms. The number of rotatable bonds is 4. The van der Waals surface area contributed by atoms with Gasteiger partial charge in [-0.3, -0.25) is 9.59 Å². The summed E-state index contributed by atoms with van der Waals surface area (Å²) in [4.78, 5) is 28.9. The van der Waals surface area contributed by atoms with Crippen LogP contribution in [-0.4, -0.2) is 57.1 Å². The maximum atomic E-state index is 13.4. The highest BCUT2D eigenvalue weighted by atomic mass is 16.2. The molecule has 1 N–H and O–H groups in total. The average molecular weight is 310 g/mol. The van der Waals surface area contributed by atoms with Crippen LogP contribution in [0.15, 0.2) is 0 Å². The van der Waals surface area contributed by atoms with Gasteiger partial charge in [0.1, 0.15) is 0 Å². The second-order valence-corrected chi connectivity index (χ2v) is 8.25. The number of nitrogens with zero attached hydrogens (tertiary/aromatic N) is 2. The van der Waals surface area contributed by atoms with Crippen molar-refractivity contribution in [2.45, 2.75) is 78.8 Å². The molecule has 1 fully saturated rings. The fourth-order valence-electron chi connectivity index (χ4n) is 3.69. The highest BCUT2D eigenvalue weighted by molar-refractivity contribution is 6.46. The van der Waals surface area contributed by atoms with E-state index in [1.165, 1.54) is 6.92 Å². The summed E-state index contributed by atoms with van der Waals surface area (Å²) in [6, 6.07) is 0. The Kier molecular flexibility index (Phi) is 4.41. The Labute approximate surface area is 135 Å². The molecule has 1 unspecified atom stereocenters. The molecule has 1 atom stereocenters. The van der Waals surface area contributed by atoms with Crippen molar-refractivity contribution in [3.05, 3.63) is 0 Å². The van der Waals surface area contributed by atoms with Crippen molar-refractivity contribution in [1.29, 1.82) is 0 Å². The molecule has 1 aliphatic rings. The lowest BCUT2D eigenvalue weighted by Crippen LogP contribution is -2.62. The summed E-state index contributed by atoms with van der Waals surface area (Å²) >= 11 is 0. The van der Waals surface area contributed by atoms with Gasteiger partial charge in [-0.05, 0) is 55.4 Å². The Hall–Kier alpha value is -0.875.